The van der Waals surface area contributed by atoms with E-state index in [9.17, 15) is 8.78 Å². The standard InChI is InChI=1S/C21H27F2N5O.HI/c1-3-24-21(26-13-15(2)29-18-7-4-6-16(22)12-18)27-17-9-11-28(14-17)20-19(23)8-5-10-25-20;/h4-8,10,12,15,17H,3,9,11,13-14H2,1-2H3,(H2,24,26,27);1H. The van der Waals surface area contributed by atoms with Gasteiger partial charge in [0.1, 0.15) is 17.7 Å². The molecule has 6 nitrogen and oxygen atoms in total. The SMILES string of the molecule is CCNC(=NCC(C)Oc1cccc(F)c1)NC1CCN(c2ncccc2F)C1.I. The van der Waals surface area contributed by atoms with Crippen molar-refractivity contribution in [3.8, 4) is 5.75 Å². The monoisotopic (exact) mass is 531 g/mol. The van der Waals surface area contributed by atoms with E-state index in [4.69, 9.17) is 4.74 Å². The predicted octanol–water partition coefficient (Wildman–Crippen LogP) is 3.58. The Labute approximate surface area is 193 Å². The zero-order chi connectivity index (χ0) is 20.6. The molecule has 2 unspecified atom stereocenters. The van der Waals surface area contributed by atoms with Crippen LogP contribution >= 0.6 is 24.0 Å². The summed E-state index contributed by atoms with van der Waals surface area (Å²) in [5, 5.41) is 6.61. The van der Waals surface area contributed by atoms with E-state index >= 15 is 0 Å². The van der Waals surface area contributed by atoms with Crippen molar-refractivity contribution >= 4 is 35.8 Å². The molecule has 2 atom stereocenters. The Balaban J connectivity index is 0.00000320. The highest BCUT2D eigenvalue weighted by Gasteiger charge is 2.26. The van der Waals surface area contributed by atoms with Crippen LogP contribution in [0.3, 0.4) is 0 Å². The Morgan fingerprint density at radius 1 is 1.33 bits per heavy atom. The number of hydrogen-bond acceptors (Lipinski definition) is 4. The number of halogens is 3. The average Bonchev–Trinajstić information content (AvgIpc) is 3.15. The van der Waals surface area contributed by atoms with Crippen molar-refractivity contribution in [2.45, 2.75) is 32.4 Å². The van der Waals surface area contributed by atoms with Gasteiger partial charge in [-0.25, -0.2) is 18.8 Å². The summed E-state index contributed by atoms with van der Waals surface area (Å²) in [6, 6.07) is 9.22. The molecule has 0 saturated carbocycles. The third kappa shape index (κ3) is 6.96. The third-order valence-electron chi connectivity index (χ3n) is 4.55. The van der Waals surface area contributed by atoms with E-state index in [1.54, 1.807) is 24.4 Å². The Morgan fingerprint density at radius 2 is 2.17 bits per heavy atom. The molecule has 0 amide bonds. The molecule has 164 valence electrons. The topological polar surface area (TPSA) is 61.8 Å². The fourth-order valence-corrected chi connectivity index (χ4v) is 3.22. The van der Waals surface area contributed by atoms with Gasteiger partial charge in [0.2, 0.25) is 0 Å². The van der Waals surface area contributed by atoms with Crippen molar-refractivity contribution in [3.63, 3.8) is 0 Å². The fourth-order valence-electron chi connectivity index (χ4n) is 3.22. The second-order valence-corrected chi connectivity index (χ2v) is 6.99. The summed E-state index contributed by atoms with van der Waals surface area (Å²) in [5.74, 6) is 0.904. The number of ether oxygens (including phenoxy) is 1. The number of nitrogens with one attached hydrogen (secondary N) is 2. The van der Waals surface area contributed by atoms with Crippen molar-refractivity contribution in [2.24, 2.45) is 4.99 Å². The van der Waals surface area contributed by atoms with Gasteiger partial charge in [0.05, 0.1) is 6.54 Å². The quantitative estimate of drug-likeness (QED) is 0.325. The summed E-state index contributed by atoms with van der Waals surface area (Å²) in [6.07, 6.45) is 2.25. The lowest BCUT2D eigenvalue weighted by atomic mass is 10.3. The van der Waals surface area contributed by atoms with Crippen molar-refractivity contribution < 1.29 is 13.5 Å². The number of benzene rings is 1. The number of anilines is 1. The molecule has 1 aromatic heterocycles. The zero-order valence-electron chi connectivity index (χ0n) is 17.1. The molecule has 2 N–H and O–H groups in total. The van der Waals surface area contributed by atoms with Crippen LogP contribution in [0, 0.1) is 11.6 Å². The molecule has 0 radical (unpaired) electrons. The van der Waals surface area contributed by atoms with Crippen molar-refractivity contribution in [1.82, 2.24) is 15.6 Å². The average molecular weight is 531 g/mol. The van der Waals surface area contributed by atoms with Crippen LogP contribution in [0.2, 0.25) is 0 Å². The molecule has 1 fully saturated rings. The van der Waals surface area contributed by atoms with E-state index in [0.29, 0.717) is 30.6 Å². The van der Waals surface area contributed by atoms with Crippen LogP contribution in [0.25, 0.3) is 0 Å². The lowest BCUT2D eigenvalue weighted by Crippen LogP contribution is -2.45. The first kappa shape index (κ1) is 24.1. The molecule has 3 rings (SSSR count). The van der Waals surface area contributed by atoms with Crippen molar-refractivity contribution in [2.75, 3.05) is 31.1 Å². The van der Waals surface area contributed by atoms with Gasteiger partial charge in [-0.1, -0.05) is 6.07 Å². The molecule has 2 heterocycles. The minimum absolute atomic E-state index is 0. The number of aromatic nitrogens is 1. The first-order valence-electron chi connectivity index (χ1n) is 9.87. The summed E-state index contributed by atoms with van der Waals surface area (Å²) >= 11 is 0. The second kappa shape index (κ2) is 11.9. The Hall–Kier alpha value is -2.17. The normalized spacial score (nSPS) is 17.3. The predicted molar refractivity (Wildman–Crippen MR) is 126 cm³/mol. The number of aliphatic imine (C=N–C) groups is 1. The smallest absolute Gasteiger partial charge is 0.191 e. The van der Waals surface area contributed by atoms with Gasteiger partial charge in [-0.2, -0.15) is 0 Å². The maximum absolute atomic E-state index is 14.0. The number of nitrogens with zero attached hydrogens (tertiary/aromatic N) is 3. The van der Waals surface area contributed by atoms with Crippen LogP contribution in [0.4, 0.5) is 14.6 Å². The Kier molecular flexibility index (Phi) is 9.54. The van der Waals surface area contributed by atoms with Gasteiger partial charge in [0.25, 0.3) is 0 Å². The Morgan fingerprint density at radius 3 is 2.90 bits per heavy atom. The van der Waals surface area contributed by atoms with E-state index in [1.165, 1.54) is 18.2 Å². The van der Waals surface area contributed by atoms with E-state index in [2.05, 4.69) is 20.6 Å². The van der Waals surface area contributed by atoms with Gasteiger partial charge in [-0.15, -0.1) is 24.0 Å². The van der Waals surface area contributed by atoms with Gasteiger partial charge < -0.3 is 20.3 Å². The van der Waals surface area contributed by atoms with Gasteiger partial charge in [-0.05, 0) is 44.5 Å². The summed E-state index contributed by atoms with van der Waals surface area (Å²) < 4.78 is 33.0. The summed E-state index contributed by atoms with van der Waals surface area (Å²) in [4.78, 5) is 10.7. The fraction of sp³-hybridized carbons (Fsp3) is 0.429. The van der Waals surface area contributed by atoms with Gasteiger partial charge in [0.15, 0.2) is 17.6 Å². The van der Waals surface area contributed by atoms with Gasteiger partial charge in [-0.3, -0.25) is 0 Å². The van der Waals surface area contributed by atoms with Crippen molar-refractivity contribution in [1.29, 1.82) is 0 Å². The molecule has 2 aromatic rings. The first-order valence-corrected chi connectivity index (χ1v) is 9.87. The van der Waals surface area contributed by atoms with E-state index < -0.39 is 0 Å². The molecule has 9 heteroatoms. The first-order chi connectivity index (χ1) is 14.0. The molecular weight excluding hydrogens is 503 g/mol. The minimum Gasteiger partial charge on any atom is -0.489 e. The van der Waals surface area contributed by atoms with Crippen LogP contribution in [-0.2, 0) is 0 Å². The van der Waals surface area contributed by atoms with E-state index in [-0.39, 0.29) is 47.8 Å². The minimum atomic E-state index is -0.330. The van der Waals surface area contributed by atoms with Crippen LogP contribution < -0.4 is 20.3 Å². The largest absolute Gasteiger partial charge is 0.489 e. The summed E-state index contributed by atoms with van der Waals surface area (Å²) in [7, 11) is 0. The summed E-state index contributed by atoms with van der Waals surface area (Å²) in [6.45, 7) is 6.39. The molecule has 1 aromatic carbocycles. The maximum atomic E-state index is 14.0. The highest BCUT2D eigenvalue weighted by atomic mass is 127. The third-order valence-corrected chi connectivity index (χ3v) is 4.55. The van der Waals surface area contributed by atoms with Gasteiger partial charge in [0, 0.05) is 37.9 Å². The van der Waals surface area contributed by atoms with Crippen molar-refractivity contribution in [3.05, 3.63) is 54.2 Å². The number of guanidine groups is 1. The molecule has 1 aliphatic rings. The molecule has 0 spiro atoms. The lowest BCUT2D eigenvalue weighted by molar-refractivity contribution is 0.229. The highest BCUT2D eigenvalue weighted by Crippen LogP contribution is 2.20. The van der Waals surface area contributed by atoms with Crippen LogP contribution in [0.1, 0.15) is 20.3 Å². The van der Waals surface area contributed by atoms with Crippen LogP contribution in [0.5, 0.6) is 5.75 Å². The Bertz CT molecular complexity index is 839. The highest BCUT2D eigenvalue weighted by molar-refractivity contribution is 14.0. The molecule has 0 aliphatic carbocycles. The maximum Gasteiger partial charge on any atom is 0.191 e. The zero-order valence-corrected chi connectivity index (χ0v) is 19.5. The second-order valence-electron chi connectivity index (χ2n) is 6.99. The summed E-state index contributed by atoms with van der Waals surface area (Å²) in [5.41, 5.74) is 0. The van der Waals surface area contributed by atoms with E-state index in [0.717, 1.165) is 19.5 Å². The van der Waals surface area contributed by atoms with E-state index in [1.807, 2.05) is 18.7 Å². The number of hydrogen-bond donors (Lipinski definition) is 2. The van der Waals surface area contributed by atoms with Crippen LogP contribution in [-0.4, -0.2) is 49.3 Å². The lowest BCUT2D eigenvalue weighted by Gasteiger charge is -2.20. The van der Waals surface area contributed by atoms with Crippen LogP contribution in [0.15, 0.2) is 47.6 Å². The van der Waals surface area contributed by atoms with Gasteiger partial charge >= 0.3 is 0 Å². The molecule has 1 aliphatic heterocycles. The molecule has 0 bridgehead atoms. The molecule has 30 heavy (non-hydrogen) atoms. The number of rotatable bonds is 7. The number of pyridine rings is 1. The molecule has 1 saturated heterocycles. The molecular formula is C21H28F2IN5O.